The largest absolute Gasteiger partial charge is 0.481 e. The zero-order valence-corrected chi connectivity index (χ0v) is 10.6. The van der Waals surface area contributed by atoms with Gasteiger partial charge in [0.1, 0.15) is 12.2 Å². The van der Waals surface area contributed by atoms with Gasteiger partial charge in [0.05, 0.1) is 12.5 Å². The number of carboxylic acids is 1. The van der Waals surface area contributed by atoms with Crippen LogP contribution in [0, 0.1) is 0 Å². The predicted octanol–water partition coefficient (Wildman–Crippen LogP) is 0.730. The minimum atomic E-state index is -0.980. The molecule has 0 saturated heterocycles. The molecule has 0 fully saturated rings. The number of aliphatic carboxylic acids is 1. The molecule has 1 unspecified atom stereocenters. The van der Waals surface area contributed by atoms with Crippen molar-refractivity contribution in [1.82, 2.24) is 20.1 Å². The van der Waals surface area contributed by atoms with Crippen molar-refractivity contribution in [1.29, 1.82) is 0 Å². The summed E-state index contributed by atoms with van der Waals surface area (Å²) in [6.07, 6.45) is 2.18. The molecular formula is C11H18N4O3. The molecule has 0 bridgehead atoms. The molecular weight excluding hydrogens is 236 g/mol. The molecule has 100 valence electrons. The molecule has 0 aliphatic heterocycles. The van der Waals surface area contributed by atoms with E-state index in [0.29, 0.717) is 5.82 Å². The monoisotopic (exact) mass is 254 g/mol. The third kappa shape index (κ3) is 4.15. The molecule has 7 nitrogen and oxygen atoms in total. The van der Waals surface area contributed by atoms with Crippen molar-refractivity contribution in [3.63, 3.8) is 0 Å². The Morgan fingerprint density at radius 3 is 2.83 bits per heavy atom. The molecule has 0 saturated carbocycles. The molecule has 0 spiro atoms. The van der Waals surface area contributed by atoms with Crippen LogP contribution in [-0.2, 0) is 16.1 Å². The molecule has 1 atom stereocenters. The Bertz CT molecular complexity index is 416. The van der Waals surface area contributed by atoms with E-state index in [2.05, 4.69) is 15.4 Å². The number of carboxylic acid groups (broad SMARTS) is 1. The fraction of sp³-hybridized carbons (Fsp3) is 0.636. The highest BCUT2D eigenvalue weighted by Crippen LogP contribution is 2.09. The van der Waals surface area contributed by atoms with Crippen molar-refractivity contribution in [2.24, 2.45) is 0 Å². The summed E-state index contributed by atoms with van der Waals surface area (Å²) in [7, 11) is 0. The van der Waals surface area contributed by atoms with Crippen molar-refractivity contribution in [2.45, 2.75) is 45.7 Å². The van der Waals surface area contributed by atoms with Crippen LogP contribution in [0.5, 0.6) is 0 Å². The van der Waals surface area contributed by atoms with Gasteiger partial charge in [0.2, 0.25) is 5.91 Å². The molecule has 1 aromatic heterocycles. The van der Waals surface area contributed by atoms with Gasteiger partial charge in [-0.15, -0.1) is 0 Å². The molecule has 1 heterocycles. The van der Waals surface area contributed by atoms with Crippen LogP contribution in [0.1, 0.15) is 45.0 Å². The van der Waals surface area contributed by atoms with E-state index in [4.69, 9.17) is 5.11 Å². The number of amides is 1. The molecule has 0 aliphatic carbocycles. The number of nitrogens with one attached hydrogen (secondary N) is 1. The Labute approximate surface area is 105 Å². The van der Waals surface area contributed by atoms with Crippen LogP contribution in [0.2, 0.25) is 0 Å². The summed E-state index contributed by atoms with van der Waals surface area (Å²) >= 11 is 0. The second-order valence-corrected chi connectivity index (χ2v) is 4.02. The maximum absolute atomic E-state index is 11.5. The normalized spacial score (nSPS) is 12.1. The number of carbonyl (C=O) groups is 2. The van der Waals surface area contributed by atoms with Crippen LogP contribution in [0.3, 0.4) is 0 Å². The lowest BCUT2D eigenvalue weighted by molar-refractivity contribution is -0.138. The number of carbonyl (C=O) groups excluding carboxylic acids is 1. The lowest BCUT2D eigenvalue weighted by atomic mass is 10.2. The molecule has 7 heteroatoms. The van der Waals surface area contributed by atoms with Crippen molar-refractivity contribution in [2.75, 3.05) is 0 Å². The second-order valence-electron chi connectivity index (χ2n) is 4.02. The van der Waals surface area contributed by atoms with Gasteiger partial charge in [-0.3, -0.25) is 9.59 Å². The highest BCUT2D eigenvalue weighted by atomic mass is 16.4. The van der Waals surface area contributed by atoms with Gasteiger partial charge in [-0.2, -0.15) is 5.10 Å². The molecule has 1 aromatic rings. The van der Waals surface area contributed by atoms with Gasteiger partial charge >= 0.3 is 5.97 Å². The topological polar surface area (TPSA) is 97.1 Å². The Morgan fingerprint density at radius 1 is 1.50 bits per heavy atom. The molecule has 18 heavy (non-hydrogen) atoms. The summed E-state index contributed by atoms with van der Waals surface area (Å²) in [6, 6.07) is -0.277. The molecule has 0 aromatic carbocycles. The van der Waals surface area contributed by atoms with E-state index in [1.54, 1.807) is 11.6 Å². The SMILES string of the molecule is CCCn1ncnc1C(C)NC(=O)CCC(=O)O. The average Bonchev–Trinajstić information content (AvgIpc) is 2.75. The summed E-state index contributed by atoms with van der Waals surface area (Å²) in [5.74, 6) is -0.594. The van der Waals surface area contributed by atoms with Gasteiger partial charge in [-0.1, -0.05) is 6.92 Å². The van der Waals surface area contributed by atoms with Gasteiger partial charge in [0.15, 0.2) is 0 Å². The van der Waals surface area contributed by atoms with Gasteiger partial charge in [-0.25, -0.2) is 9.67 Å². The van der Waals surface area contributed by atoms with Crippen molar-refractivity contribution >= 4 is 11.9 Å². The average molecular weight is 254 g/mol. The van der Waals surface area contributed by atoms with Gasteiger partial charge in [0.25, 0.3) is 0 Å². The Kier molecular flexibility index (Phi) is 5.29. The van der Waals surface area contributed by atoms with Crippen molar-refractivity contribution in [3.05, 3.63) is 12.2 Å². The van der Waals surface area contributed by atoms with E-state index >= 15 is 0 Å². The highest BCUT2D eigenvalue weighted by Gasteiger charge is 2.15. The number of hydrogen-bond acceptors (Lipinski definition) is 4. The number of nitrogens with zero attached hydrogens (tertiary/aromatic N) is 3. The summed E-state index contributed by atoms with van der Waals surface area (Å²) in [4.78, 5) is 25.9. The van der Waals surface area contributed by atoms with Crippen molar-refractivity contribution in [3.8, 4) is 0 Å². The van der Waals surface area contributed by atoms with Crippen LogP contribution < -0.4 is 5.32 Å². The van der Waals surface area contributed by atoms with E-state index in [9.17, 15) is 9.59 Å². The van der Waals surface area contributed by atoms with Crippen LogP contribution in [0.4, 0.5) is 0 Å². The highest BCUT2D eigenvalue weighted by molar-refractivity contribution is 5.80. The fourth-order valence-corrected chi connectivity index (χ4v) is 1.59. The Morgan fingerprint density at radius 2 is 2.22 bits per heavy atom. The first kappa shape index (κ1) is 14.1. The van der Waals surface area contributed by atoms with E-state index in [-0.39, 0.29) is 24.8 Å². The van der Waals surface area contributed by atoms with E-state index in [1.807, 2.05) is 6.92 Å². The quantitative estimate of drug-likeness (QED) is 0.747. The van der Waals surface area contributed by atoms with Gasteiger partial charge in [0, 0.05) is 13.0 Å². The zero-order valence-electron chi connectivity index (χ0n) is 10.6. The molecule has 2 N–H and O–H groups in total. The summed E-state index contributed by atoms with van der Waals surface area (Å²) < 4.78 is 1.74. The second kappa shape index (κ2) is 6.73. The Hall–Kier alpha value is -1.92. The zero-order chi connectivity index (χ0) is 13.5. The third-order valence-corrected chi connectivity index (χ3v) is 2.41. The molecule has 0 radical (unpaired) electrons. The van der Waals surface area contributed by atoms with E-state index in [0.717, 1.165) is 13.0 Å². The lowest BCUT2D eigenvalue weighted by Crippen LogP contribution is -2.29. The molecule has 1 amide bonds. The number of aromatic nitrogens is 3. The van der Waals surface area contributed by atoms with E-state index < -0.39 is 5.97 Å². The van der Waals surface area contributed by atoms with Crippen LogP contribution >= 0.6 is 0 Å². The number of aryl methyl sites for hydroxylation is 1. The summed E-state index contributed by atoms with van der Waals surface area (Å²) in [5, 5.41) is 15.3. The van der Waals surface area contributed by atoms with Crippen molar-refractivity contribution < 1.29 is 14.7 Å². The Balaban J connectivity index is 2.53. The van der Waals surface area contributed by atoms with E-state index in [1.165, 1.54) is 6.33 Å². The fourth-order valence-electron chi connectivity index (χ4n) is 1.59. The molecule has 0 aliphatic rings. The first-order valence-corrected chi connectivity index (χ1v) is 5.93. The molecule has 1 rings (SSSR count). The maximum Gasteiger partial charge on any atom is 0.303 e. The minimum absolute atomic E-state index is 0.0262. The van der Waals surface area contributed by atoms with Crippen LogP contribution in [0.15, 0.2) is 6.33 Å². The summed E-state index contributed by atoms with van der Waals surface area (Å²) in [5.41, 5.74) is 0. The first-order chi connectivity index (χ1) is 8.54. The lowest BCUT2D eigenvalue weighted by Gasteiger charge is -2.14. The predicted molar refractivity (Wildman–Crippen MR) is 63.7 cm³/mol. The van der Waals surface area contributed by atoms with Crippen LogP contribution in [0.25, 0.3) is 0 Å². The number of rotatable bonds is 7. The summed E-state index contributed by atoms with van der Waals surface area (Å²) in [6.45, 7) is 4.57. The smallest absolute Gasteiger partial charge is 0.303 e. The van der Waals surface area contributed by atoms with Crippen LogP contribution in [-0.4, -0.2) is 31.7 Å². The number of hydrogen-bond donors (Lipinski definition) is 2. The maximum atomic E-state index is 11.5. The van der Waals surface area contributed by atoms with Gasteiger partial charge < -0.3 is 10.4 Å². The minimum Gasteiger partial charge on any atom is -0.481 e. The van der Waals surface area contributed by atoms with Gasteiger partial charge in [-0.05, 0) is 13.3 Å². The first-order valence-electron chi connectivity index (χ1n) is 5.93. The third-order valence-electron chi connectivity index (χ3n) is 2.41. The standard InChI is InChI=1S/C11H18N4O3/c1-3-6-15-11(12-7-13-15)8(2)14-9(16)4-5-10(17)18/h7-8H,3-6H2,1-2H3,(H,14,16)(H,17,18).